The lowest BCUT2D eigenvalue weighted by atomic mass is 9.99. The molecule has 7 heteroatoms. The van der Waals surface area contributed by atoms with Gasteiger partial charge in [-0.05, 0) is 35.6 Å². The molecule has 2 aromatic heterocycles. The van der Waals surface area contributed by atoms with Crippen LogP contribution in [0.4, 0.5) is 5.82 Å². The number of methoxy groups -OCH3 is 1. The van der Waals surface area contributed by atoms with E-state index in [-0.39, 0.29) is 17.6 Å². The zero-order chi connectivity index (χ0) is 16.9. The van der Waals surface area contributed by atoms with Crippen LogP contribution in [0.3, 0.4) is 0 Å². The van der Waals surface area contributed by atoms with Crippen molar-refractivity contribution in [1.29, 1.82) is 0 Å². The van der Waals surface area contributed by atoms with Crippen LogP contribution in [0.2, 0.25) is 0 Å². The Hall–Kier alpha value is -2.67. The summed E-state index contributed by atoms with van der Waals surface area (Å²) in [7, 11) is 1.38. The molecule has 3 rings (SSSR count). The van der Waals surface area contributed by atoms with Gasteiger partial charge in [0.05, 0.1) is 18.4 Å². The van der Waals surface area contributed by atoms with E-state index in [9.17, 15) is 9.90 Å². The number of ether oxygens (including phenoxy) is 1. The Labute approximate surface area is 143 Å². The van der Waals surface area contributed by atoms with E-state index in [4.69, 9.17) is 4.74 Å². The fourth-order valence-electron chi connectivity index (χ4n) is 2.47. The first-order valence-corrected chi connectivity index (χ1v) is 8.33. The molecule has 24 heavy (non-hydrogen) atoms. The van der Waals surface area contributed by atoms with Gasteiger partial charge in [-0.15, -0.1) is 11.3 Å². The van der Waals surface area contributed by atoms with Gasteiger partial charge in [0.1, 0.15) is 22.7 Å². The van der Waals surface area contributed by atoms with Gasteiger partial charge in [0, 0.05) is 6.54 Å². The number of hydrogen-bond donors (Lipinski definition) is 2. The molecule has 2 N–H and O–H groups in total. The van der Waals surface area contributed by atoms with Gasteiger partial charge in [0.2, 0.25) is 0 Å². The number of aromatic nitrogens is 2. The lowest BCUT2D eigenvalue weighted by molar-refractivity contribution is -0.144. The van der Waals surface area contributed by atoms with Gasteiger partial charge < -0.3 is 15.2 Å². The highest BCUT2D eigenvalue weighted by Gasteiger charge is 2.20. The number of hydrogen-bond acceptors (Lipinski definition) is 7. The van der Waals surface area contributed by atoms with Crippen LogP contribution >= 0.6 is 11.3 Å². The maximum absolute atomic E-state index is 12.1. The molecule has 1 aromatic carbocycles. The van der Waals surface area contributed by atoms with Gasteiger partial charge in [-0.3, -0.25) is 4.79 Å². The van der Waals surface area contributed by atoms with Crippen molar-refractivity contribution in [3.05, 3.63) is 47.6 Å². The van der Waals surface area contributed by atoms with Crippen molar-refractivity contribution in [3.8, 4) is 5.75 Å². The summed E-state index contributed by atoms with van der Waals surface area (Å²) in [6.07, 6.45) is 2.02. The molecule has 2 heterocycles. The molecular formula is C17H17N3O3S. The molecule has 0 amide bonds. The number of fused-ring (bicyclic) bond motifs is 1. The second-order valence-electron chi connectivity index (χ2n) is 5.33. The molecule has 0 saturated carbocycles. The van der Waals surface area contributed by atoms with Gasteiger partial charge in [0.25, 0.3) is 0 Å². The number of benzene rings is 1. The fourth-order valence-corrected chi connectivity index (χ4v) is 3.21. The van der Waals surface area contributed by atoms with Gasteiger partial charge in [-0.25, -0.2) is 9.97 Å². The number of nitrogens with zero attached hydrogens (tertiary/aromatic N) is 2. The molecule has 1 atom stereocenters. The minimum atomic E-state index is -0.358. The molecule has 0 aliphatic heterocycles. The summed E-state index contributed by atoms with van der Waals surface area (Å²) in [5.74, 6) is 0.266. The molecule has 124 valence electrons. The molecule has 1 unspecified atom stereocenters. The van der Waals surface area contributed by atoms with Crippen LogP contribution in [0, 0.1) is 5.92 Å². The number of rotatable bonds is 6. The van der Waals surface area contributed by atoms with Crippen molar-refractivity contribution >= 4 is 33.3 Å². The third-order valence-electron chi connectivity index (χ3n) is 3.73. The van der Waals surface area contributed by atoms with E-state index >= 15 is 0 Å². The highest BCUT2D eigenvalue weighted by atomic mass is 32.1. The Bertz CT molecular complexity index is 832. The van der Waals surface area contributed by atoms with E-state index < -0.39 is 0 Å². The summed E-state index contributed by atoms with van der Waals surface area (Å²) in [6.45, 7) is 0.398. The van der Waals surface area contributed by atoms with Crippen LogP contribution in [-0.4, -0.2) is 34.7 Å². The molecule has 0 saturated heterocycles. The summed E-state index contributed by atoms with van der Waals surface area (Å²) >= 11 is 1.54. The zero-order valence-electron chi connectivity index (χ0n) is 13.1. The monoisotopic (exact) mass is 343 g/mol. The summed E-state index contributed by atoms with van der Waals surface area (Å²) < 4.78 is 4.91. The summed E-state index contributed by atoms with van der Waals surface area (Å²) in [4.78, 5) is 21.4. The van der Waals surface area contributed by atoms with Crippen LogP contribution in [0.1, 0.15) is 5.56 Å². The Morgan fingerprint density at radius 2 is 2.08 bits per heavy atom. The largest absolute Gasteiger partial charge is 0.508 e. The predicted molar refractivity (Wildman–Crippen MR) is 93.2 cm³/mol. The molecule has 0 fully saturated rings. The van der Waals surface area contributed by atoms with Crippen LogP contribution in [0.15, 0.2) is 42.0 Å². The summed E-state index contributed by atoms with van der Waals surface area (Å²) in [5.41, 5.74) is 0.952. The maximum Gasteiger partial charge on any atom is 0.310 e. The number of nitrogens with one attached hydrogen (secondary N) is 1. The van der Waals surface area contributed by atoms with Gasteiger partial charge in [-0.1, -0.05) is 12.1 Å². The number of anilines is 1. The minimum Gasteiger partial charge on any atom is -0.508 e. The van der Waals surface area contributed by atoms with Crippen LogP contribution in [0.5, 0.6) is 5.75 Å². The van der Waals surface area contributed by atoms with Crippen molar-refractivity contribution in [1.82, 2.24) is 9.97 Å². The van der Waals surface area contributed by atoms with E-state index in [1.165, 1.54) is 13.4 Å². The van der Waals surface area contributed by atoms with Crippen LogP contribution < -0.4 is 5.32 Å². The van der Waals surface area contributed by atoms with E-state index in [2.05, 4.69) is 15.3 Å². The van der Waals surface area contributed by atoms with Crippen molar-refractivity contribution in [2.45, 2.75) is 6.42 Å². The number of aromatic hydroxyl groups is 1. The Balaban J connectivity index is 1.73. The van der Waals surface area contributed by atoms with E-state index in [1.54, 1.807) is 35.6 Å². The number of carbonyl (C=O) groups is 1. The quantitative estimate of drug-likeness (QED) is 0.670. The molecule has 0 radical (unpaired) electrons. The average Bonchev–Trinajstić information content (AvgIpc) is 3.09. The van der Waals surface area contributed by atoms with Crippen molar-refractivity contribution < 1.29 is 14.6 Å². The molecule has 0 bridgehead atoms. The topological polar surface area (TPSA) is 84.3 Å². The normalized spacial score (nSPS) is 12.0. The highest BCUT2D eigenvalue weighted by Crippen LogP contribution is 2.24. The summed E-state index contributed by atoms with van der Waals surface area (Å²) in [5, 5.41) is 15.5. The second-order valence-corrected chi connectivity index (χ2v) is 6.23. The first kappa shape index (κ1) is 16.2. The predicted octanol–water partition coefficient (Wildman–Crippen LogP) is 2.84. The van der Waals surface area contributed by atoms with Crippen molar-refractivity contribution in [2.75, 3.05) is 19.0 Å². The SMILES string of the molecule is COC(=O)C(CNc1ncnc2sccc12)Cc1ccc(O)cc1. The average molecular weight is 343 g/mol. The third kappa shape index (κ3) is 3.62. The molecule has 0 aliphatic rings. The van der Waals surface area contributed by atoms with E-state index in [0.29, 0.717) is 18.8 Å². The Morgan fingerprint density at radius 3 is 2.83 bits per heavy atom. The number of phenols is 1. The van der Waals surface area contributed by atoms with Crippen LogP contribution in [0.25, 0.3) is 10.2 Å². The van der Waals surface area contributed by atoms with Crippen molar-refractivity contribution in [2.24, 2.45) is 5.92 Å². The molecule has 0 spiro atoms. The third-order valence-corrected chi connectivity index (χ3v) is 4.55. The van der Waals surface area contributed by atoms with Crippen molar-refractivity contribution in [3.63, 3.8) is 0 Å². The fraction of sp³-hybridized carbons (Fsp3) is 0.235. The molecular weight excluding hydrogens is 326 g/mol. The lowest BCUT2D eigenvalue weighted by Gasteiger charge is -2.16. The number of thiophene rings is 1. The first-order valence-electron chi connectivity index (χ1n) is 7.45. The van der Waals surface area contributed by atoms with Gasteiger partial charge in [0.15, 0.2) is 0 Å². The summed E-state index contributed by atoms with van der Waals surface area (Å²) in [6, 6.07) is 8.77. The molecule has 6 nitrogen and oxygen atoms in total. The number of carbonyl (C=O) groups excluding carboxylic acids is 1. The second kappa shape index (κ2) is 7.27. The number of esters is 1. The van der Waals surface area contributed by atoms with Crippen LogP contribution in [-0.2, 0) is 16.0 Å². The molecule has 3 aromatic rings. The first-order chi connectivity index (χ1) is 11.7. The van der Waals surface area contributed by atoms with E-state index in [1.807, 2.05) is 11.4 Å². The van der Waals surface area contributed by atoms with E-state index in [0.717, 1.165) is 15.8 Å². The number of phenolic OH excluding ortho intramolecular Hbond substituents is 1. The molecule has 0 aliphatic carbocycles. The standard InChI is InChI=1S/C17H17N3O3S/c1-23-17(22)12(8-11-2-4-13(21)5-3-11)9-18-15-14-6-7-24-16(14)20-10-19-15/h2-7,10,12,21H,8-9H2,1H3,(H,18,19,20). The zero-order valence-corrected chi connectivity index (χ0v) is 13.9. The Kier molecular flexibility index (Phi) is 4.90. The maximum atomic E-state index is 12.1. The smallest absolute Gasteiger partial charge is 0.310 e. The highest BCUT2D eigenvalue weighted by molar-refractivity contribution is 7.16. The minimum absolute atomic E-state index is 0.201. The van der Waals surface area contributed by atoms with Gasteiger partial charge >= 0.3 is 5.97 Å². The Morgan fingerprint density at radius 1 is 1.29 bits per heavy atom. The van der Waals surface area contributed by atoms with Gasteiger partial charge in [-0.2, -0.15) is 0 Å². The lowest BCUT2D eigenvalue weighted by Crippen LogP contribution is -2.26.